The number of sulfonamides is 1. The minimum absolute atomic E-state index is 0.0905. The van der Waals surface area contributed by atoms with Crippen molar-refractivity contribution < 1.29 is 13.2 Å². The second-order valence-electron chi connectivity index (χ2n) is 6.01. The smallest absolute Gasteiger partial charge is 0.262 e. The van der Waals surface area contributed by atoms with Gasteiger partial charge in [0.15, 0.2) is 0 Å². The molecule has 0 atom stereocenters. The molecular weight excluding hydrogens is 415 g/mol. The van der Waals surface area contributed by atoms with Gasteiger partial charge >= 0.3 is 0 Å². The Bertz CT molecular complexity index is 886. The number of nitrogens with zero attached hydrogens (tertiary/aromatic N) is 1. The molecule has 0 radical (unpaired) electrons. The predicted molar refractivity (Wildman–Crippen MR) is 105 cm³/mol. The van der Waals surface area contributed by atoms with Gasteiger partial charge in [-0.05, 0) is 54.5 Å². The van der Waals surface area contributed by atoms with Crippen LogP contribution in [0.1, 0.15) is 28.1 Å². The highest BCUT2D eigenvalue weighted by atomic mass is 35.5. The zero-order valence-electron chi connectivity index (χ0n) is 13.9. The van der Waals surface area contributed by atoms with Crippen LogP contribution in [0.2, 0.25) is 10.0 Å². The molecule has 1 fully saturated rings. The molecule has 9 heteroatoms. The lowest BCUT2D eigenvalue weighted by atomic mass is 10.1. The van der Waals surface area contributed by atoms with Crippen LogP contribution in [0.4, 0.5) is 0 Å². The van der Waals surface area contributed by atoms with Gasteiger partial charge < -0.3 is 5.32 Å². The molecule has 3 rings (SSSR count). The van der Waals surface area contributed by atoms with Crippen molar-refractivity contribution in [1.82, 2.24) is 9.62 Å². The summed E-state index contributed by atoms with van der Waals surface area (Å²) >= 11 is 13.1. The maximum Gasteiger partial charge on any atom is 0.262 e. The molecule has 5 nitrogen and oxygen atoms in total. The molecule has 1 aromatic heterocycles. The van der Waals surface area contributed by atoms with Crippen LogP contribution in [0, 0.1) is 0 Å². The lowest BCUT2D eigenvalue weighted by molar-refractivity contribution is 0.0955. The van der Waals surface area contributed by atoms with Gasteiger partial charge in [0.1, 0.15) is 9.77 Å². The number of amides is 1. The van der Waals surface area contributed by atoms with Crippen LogP contribution >= 0.6 is 34.5 Å². The minimum Gasteiger partial charge on any atom is -0.351 e. The quantitative estimate of drug-likeness (QED) is 0.754. The number of benzene rings is 1. The SMILES string of the molecule is O=C(NCCc1cc(Cl)cc(Cl)c1)c1sccc1S(=O)(=O)N1CCCC1. The summed E-state index contributed by atoms with van der Waals surface area (Å²) in [4.78, 5) is 12.8. The molecule has 1 aliphatic heterocycles. The van der Waals surface area contributed by atoms with E-state index < -0.39 is 10.0 Å². The minimum atomic E-state index is -3.61. The van der Waals surface area contributed by atoms with Gasteiger partial charge in [-0.25, -0.2) is 8.42 Å². The van der Waals surface area contributed by atoms with Crippen LogP contribution in [0.15, 0.2) is 34.5 Å². The van der Waals surface area contributed by atoms with Crippen molar-refractivity contribution in [2.24, 2.45) is 0 Å². The molecule has 1 aromatic carbocycles. The fourth-order valence-corrected chi connectivity index (χ4v) is 6.29. The van der Waals surface area contributed by atoms with E-state index in [0.717, 1.165) is 29.7 Å². The Morgan fingerprint density at radius 3 is 2.46 bits per heavy atom. The summed E-state index contributed by atoms with van der Waals surface area (Å²) in [6.45, 7) is 1.38. The molecule has 0 spiro atoms. The van der Waals surface area contributed by atoms with Crippen LogP contribution in [0.3, 0.4) is 0 Å². The van der Waals surface area contributed by atoms with Gasteiger partial charge in [0.2, 0.25) is 10.0 Å². The van der Waals surface area contributed by atoms with Crippen LogP contribution in [-0.4, -0.2) is 38.3 Å². The summed E-state index contributed by atoms with van der Waals surface area (Å²) < 4.78 is 26.9. The van der Waals surface area contributed by atoms with E-state index in [1.165, 1.54) is 10.4 Å². The molecule has 0 saturated carbocycles. The number of rotatable bonds is 6. The maximum absolute atomic E-state index is 12.7. The number of halogens is 2. The van der Waals surface area contributed by atoms with Crippen molar-refractivity contribution in [2.75, 3.05) is 19.6 Å². The molecule has 0 unspecified atom stereocenters. The van der Waals surface area contributed by atoms with Crippen molar-refractivity contribution in [3.05, 3.63) is 50.1 Å². The van der Waals surface area contributed by atoms with E-state index in [1.54, 1.807) is 23.6 Å². The van der Waals surface area contributed by atoms with Crippen LogP contribution < -0.4 is 5.32 Å². The molecule has 1 N–H and O–H groups in total. The highest BCUT2D eigenvalue weighted by Gasteiger charge is 2.31. The van der Waals surface area contributed by atoms with Gasteiger partial charge in [-0.2, -0.15) is 4.31 Å². The number of hydrogen-bond donors (Lipinski definition) is 1. The molecule has 2 aromatic rings. The first-order valence-corrected chi connectivity index (χ1v) is 11.3. The molecule has 0 bridgehead atoms. The van der Waals surface area contributed by atoms with Crippen LogP contribution in [0.25, 0.3) is 0 Å². The highest BCUT2D eigenvalue weighted by molar-refractivity contribution is 7.89. The summed E-state index contributed by atoms with van der Waals surface area (Å²) in [6.07, 6.45) is 2.26. The van der Waals surface area contributed by atoms with Gasteiger partial charge in [0.25, 0.3) is 5.91 Å². The van der Waals surface area contributed by atoms with Crippen molar-refractivity contribution in [1.29, 1.82) is 0 Å². The summed E-state index contributed by atoms with van der Waals surface area (Å²) in [7, 11) is -3.61. The Hall–Kier alpha value is -1.12. The molecular formula is C17H18Cl2N2O3S2. The molecule has 1 saturated heterocycles. The van der Waals surface area contributed by atoms with Gasteiger partial charge in [-0.3, -0.25) is 4.79 Å². The molecule has 0 aliphatic carbocycles. The first-order chi connectivity index (χ1) is 12.4. The maximum atomic E-state index is 12.7. The standard InChI is InChI=1S/C17H18Cl2N2O3S2/c18-13-9-12(10-14(19)11-13)3-5-20-17(22)16-15(4-8-25-16)26(23,24)21-6-1-2-7-21/h4,8-11H,1-3,5-7H2,(H,20,22). The zero-order chi connectivity index (χ0) is 18.7. The fraction of sp³-hybridized carbons (Fsp3) is 0.353. The largest absolute Gasteiger partial charge is 0.351 e. The molecule has 26 heavy (non-hydrogen) atoms. The van der Waals surface area contributed by atoms with E-state index in [1.807, 2.05) is 0 Å². The van der Waals surface area contributed by atoms with Crippen molar-refractivity contribution >= 4 is 50.5 Å². The number of nitrogens with one attached hydrogen (secondary N) is 1. The third-order valence-electron chi connectivity index (χ3n) is 4.14. The van der Waals surface area contributed by atoms with Crippen molar-refractivity contribution in [3.63, 3.8) is 0 Å². The van der Waals surface area contributed by atoms with E-state index in [-0.39, 0.29) is 15.7 Å². The first-order valence-electron chi connectivity index (χ1n) is 8.19. The Morgan fingerprint density at radius 1 is 1.15 bits per heavy atom. The summed E-state index contributed by atoms with van der Waals surface area (Å²) in [5.41, 5.74) is 0.902. The highest BCUT2D eigenvalue weighted by Crippen LogP contribution is 2.27. The Balaban J connectivity index is 1.66. The third kappa shape index (κ3) is 4.40. The lowest BCUT2D eigenvalue weighted by Gasteiger charge is -2.15. The first kappa shape index (κ1) is 19.6. The normalized spacial score (nSPS) is 15.3. The van der Waals surface area contributed by atoms with E-state index in [2.05, 4.69) is 5.32 Å². The topological polar surface area (TPSA) is 66.5 Å². The molecule has 140 valence electrons. The second-order valence-corrected chi connectivity index (χ2v) is 9.70. The summed E-state index contributed by atoms with van der Waals surface area (Å²) in [6, 6.07) is 6.72. The number of carbonyl (C=O) groups is 1. The van der Waals surface area contributed by atoms with Gasteiger partial charge in [-0.1, -0.05) is 23.2 Å². The van der Waals surface area contributed by atoms with E-state index >= 15 is 0 Å². The van der Waals surface area contributed by atoms with Crippen molar-refractivity contribution in [2.45, 2.75) is 24.2 Å². The van der Waals surface area contributed by atoms with E-state index in [0.29, 0.717) is 36.1 Å². The van der Waals surface area contributed by atoms with Gasteiger partial charge in [-0.15, -0.1) is 11.3 Å². The zero-order valence-corrected chi connectivity index (χ0v) is 17.0. The average molecular weight is 433 g/mol. The van der Waals surface area contributed by atoms with Gasteiger partial charge in [0.05, 0.1) is 0 Å². The van der Waals surface area contributed by atoms with Gasteiger partial charge in [0, 0.05) is 29.7 Å². The number of carbonyl (C=O) groups excluding carboxylic acids is 1. The lowest BCUT2D eigenvalue weighted by Crippen LogP contribution is -2.31. The summed E-state index contributed by atoms with van der Waals surface area (Å²) in [5, 5.41) is 5.49. The van der Waals surface area contributed by atoms with Crippen molar-refractivity contribution in [3.8, 4) is 0 Å². The average Bonchev–Trinajstić information content (AvgIpc) is 3.26. The predicted octanol–water partition coefficient (Wildman–Crippen LogP) is 3.81. The van der Waals surface area contributed by atoms with Crippen LogP contribution in [0.5, 0.6) is 0 Å². The van der Waals surface area contributed by atoms with Crippen LogP contribution in [-0.2, 0) is 16.4 Å². The second kappa shape index (κ2) is 8.27. The Labute approximate surface area is 167 Å². The van der Waals surface area contributed by atoms with E-state index in [9.17, 15) is 13.2 Å². The Kier molecular flexibility index (Phi) is 6.25. The molecule has 2 heterocycles. The monoisotopic (exact) mass is 432 g/mol. The van der Waals surface area contributed by atoms with E-state index in [4.69, 9.17) is 23.2 Å². The Morgan fingerprint density at radius 2 is 1.81 bits per heavy atom. The molecule has 1 aliphatic rings. The fourth-order valence-electron chi connectivity index (χ4n) is 2.89. The summed E-state index contributed by atoms with van der Waals surface area (Å²) in [5.74, 6) is -0.383. The third-order valence-corrected chi connectivity index (χ3v) is 7.56. The molecule has 1 amide bonds. The number of thiophene rings is 1. The number of hydrogen-bond acceptors (Lipinski definition) is 4.